The molecule has 0 aliphatic heterocycles. The number of pyridine rings is 2. The summed E-state index contributed by atoms with van der Waals surface area (Å²) < 4.78 is 6.92. The number of imidazole rings is 1. The van der Waals surface area contributed by atoms with E-state index >= 15 is 0 Å². The first kappa shape index (κ1) is 19.0. The summed E-state index contributed by atoms with van der Waals surface area (Å²) in [5.41, 5.74) is 3.66. The average molecular weight is 411 g/mol. The molecule has 10 heteroatoms. The van der Waals surface area contributed by atoms with E-state index in [-0.39, 0.29) is 5.28 Å². The first-order valence-corrected chi connectivity index (χ1v) is 9.29. The molecule has 4 aromatic rings. The fourth-order valence-corrected chi connectivity index (χ4v) is 2.99. The van der Waals surface area contributed by atoms with Gasteiger partial charge in [-0.2, -0.15) is 4.98 Å². The molecule has 0 saturated heterocycles. The molecule has 0 spiro atoms. The zero-order valence-corrected chi connectivity index (χ0v) is 16.7. The predicted molar refractivity (Wildman–Crippen MR) is 112 cm³/mol. The molecule has 9 nitrogen and oxygen atoms in total. The van der Waals surface area contributed by atoms with Gasteiger partial charge in [0.25, 0.3) is 0 Å². The van der Waals surface area contributed by atoms with Crippen molar-refractivity contribution >= 4 is 40.0 Å². The minimum Gasteiger partial charge on any atom is -0.383 e. The second kappa shape index (κ2) is 8.38. The average Bonchev–Trinajstić information content (AvgIpc) is 3.15. The van der Waals surface area contributed by atoms with Crippen molar-refractivity contribution < 1.29 is 4.74 Å². The van der Waals surface area contributed by atoms with Crippen molar-refractivity contribution in [3.63, 3.8) is 0 Å². The van der Waals surface area contributed by atoms with Crippen LogP contribution >= 0.6 is 11.6 Å². The molecule has 0 bridgehead atoms. The van der Waals surface area contributed by atoms with Gasteiger partial charge < -0.3 is 19.9 Å². The molecular weight excluding hydrogens is 392 g/mol. The van der Waals surface area contributed by atoms with Crippen LogP contribution in [0.3, 0.4) is 0 Å². The number of aryl methyl sites for hydroxylation is 1. The molecule has 4 aromatic heterocycles. The maximum atomic E-state index is 6.11. The van der Waals surface area contributed by atoms with Gasteiger partial charge in [-0.3, -0.25) is 0 Å². The summed E-state index contributed by atoms with van der Waals surface area (Å²) >= 11 is 6.11. The smallest absolute Gasteiger partial charge is 0.225 e. The van der Waals surface area contributed by atoms with Gasteiger partial charge in [0.15, 0.2) is 5.82 Å². The summed E-state index contributed by atoms with van der Waals surface area (Å²) in [6.45, 7) is 1.29. The highest BCUT2D eigenvalue weighted by molar-refractivity contribution is 6.28. The molecule has 0 atom stereocenters. The SMILES string of the molecule is COCCNc1ccc(Nc2nc(Cl)nc3ccc(-c4cncn4C)nc23)cn1. The van der Waals surface area contributed by atoms with Crippen molar-refractivity contribution in [1.82, 2.24) is 29.5 Å². The van der Waals surface area contributed by atoms with E-state index in [9.17, 15) is 0 Å². The van der Waals surface area contributed by atoms with Crippen molar-refractivity contribution in [3.8, 4) is 11.4 Å². The third-order valence-electron chi connectivity index (χ3n) is 4.23. The molecule has 148 valence electrons. The Morgan fingerprint density at radius 3 is 2.72 bits per heavy atom. The van der Waals surface area contributed by atoms with E-state index in [1.807, 2.05) is 35.9 Å². The maximum absolute atomic E-state index is 6.11. The van der Waals surface area contributed by atoms with E-state index in [0.717, 1.165) is 22.9 Å². The molecule has 0 radical (unpaired) electrons. The zero-order valence-electron chi connectivity index (χ0n) is 15.9. The van der Waals surface area contributed by atoms with Gasteiger partial charge in [-0.05, 0) is 35.9 Å². The Labute approximate surface area is 172 Å². The highest BCUT2D eigenvalue weighted by atomic mass is 35.5. The van der Waals surface area contributed by atoms with Crippen LogP contribution in [-0.4, -0.2) is 49.7 Å². The summed E-state index contributed by atoms with van der Waals surface area (Å²) in [6, 6.07) is 7.52. The first-order valence-electron chi connectivity index (χ1n) is 8.91. The van der Waals surface area contributed by atoms with Crippen LogP contribution in [0.2, 0.25) is 5.28 Å². The van der Waals surface area contributed by atoms with Crippen LogP contribution in [0, 0.1) is 0 Å². The van der Waals surface area contributed by atoms with Gasteiger partial charge in [0, 0.05) is 20.7 Å². The highest BCUT2D eigenvalue weighted by Crippen LogP contribution is 2.27. The van der Waals surface area contributed by atoms with Crippen LogP contribution in [-0.2, 0) is 11.8 Å². The van der Waals surface area contributed by atoms with Crippen LogP contribution in [0.1, 0.15) is 0 Å². The molecule has 0 fully saturated rings. The van der Waals surface area contributed by atoms with Gasteiger partial charge in [0.2, 0.25) is 5.28 Å². The molecular formula is C19H19ClN8O. The van der Waals surface area contributed by atoms with E-state index in [1.54, 1.807) is 25.8 Å². The van der Waals surface area contributed by atoms with Crippen LogP contribution < -0.4 is 10.6 Å². The molecule has 4 heterocycles. The quantitative estimate of drug-likeness (QED) is 0.353. The number of nitrogens with one attached hydrogen (secondary N) is 2. The number of fused-ring (bicyclic) bond motifs is 1. The molecule has 4 rings (SSSR count). The number of aromatic nitrogens is 6. The van der Waals surface area contributed by atoms with Crippen LogP contribution in [0.5, 0.6) is 0 Å². The number of hydrogen-bond acceptors (Lipinski definition) is 8. The highest BCUT2D eigenvalue weighted by Gasteiger charge is 2.12. The van der Waals surface area contributed by atoms with E-state index in [0.29, 0.717) is 30.0 Å². The first-order chi connectivity index (χ1) is 14.1. The Bertz CT molecular complexity index is 1130. The van der Waals surface area contributed by atoms with Crippen molar-refractivity contribution in [2.75, 3.05) is 30.9 Å². The Hall–Kier alpha value is -3.30. The van der Waals surface area contributed by atoms with Gasteiger partial charge in [-0.25, -0.2) is 19.9 Å². The molecule has 2 N–H and O–H groups in total. The fraction of sp³-hybridized carbons (Fsp3) is 0.211. The van der Waals surface area contributed by atoms with Gasteiger partial charge in [-0.15, -0.1) is 0 Å². The summed E-state index contributed by atoms with van der Waals surface area (Å²) in [4.78, 5) is 21.9. The van der Waals surface area contributed by atoms with E-state index in [2.05, 4.69) is 30.6 Å². The van der Waals surface area contributed by atoms with Crippen LogP contribution in [0.15, 0.2) is 43.0 Å². The molecule has 0 unspecified atom stereocenters. The Morgan fingerprint density at radius 2 is 2.00 bits per heavy atom. The monoisotopic (exact) mass is 410 g/mol. The standard InChI is InChI=1S/C19H19ClN8O/c1-28-11-21-10-15(28)13-4-5-14-17(25-13)18(27-19(20)26-14)24-12-3-6-16(23-9-12)22-7-8-29-2/h3-6,9-11H,7-8H2,1-2H3,(H,22,23)(H,24,26,27). The van der Waals surface area contributed by atoms with E-state index in [4.69, 9.17) is 21.3 Å². The second-order valence-corrected chi connectivity index (χ2v) is 6.61. The lowest BCUT2D eigenvalue weighted by atomic mass is 10.2. The topological polar surface area (TPSA) is 103 Å². The third-order valence-corrected chi connectivity index (χ3v) is 4.40. The molecule has 29 heavy (non-hydrogen) atoms. The van der Waals surface area contributed by atoms with E-state index < -0.39 is 0 Å². The van der Waals surface area contributed by atoms with Gasteiger partial charge in [0.1, 0.15) is 11.3 Å². The van der Waals surface area contributed by atoms with E-state index in [1.165, 1.54) is 0 Å². The van der Waals surface area contributed by atoms with Gasteiger partial charge >= 0.3 is 0 Å². The lowest BCUT2D eigenvalue weighted by Gasteiger charge is -2.11. The van der Waals surface area contributed by atoms with Crippen molar-refractivity contribution in [2.24, 2.45) is 7.05 Å². The zero-order chi connectivity index (χ0) is 20.2. The van der Waals surface area contributed by atoms with Crippen LogP contribution in [0.4, 0.5) is 17.3 Å². The molecule has 0 saturated carbocycles. The third kappa shape index (κ3) is 4.25. The number of ether oxygens (including phenoxy) is 1. The molecule has 0 aromatic carbocycles. The van der Waals surface area contributed by atoms with Gasteiger partial charge in [-0.1, -0.05) is 0 Å². The van der Waals surface area contributed by atoms with Crippen molar-refractivity contribution in [3.05, 3.63) is 48.3 Å². The summed E-state index contributed by atoms with van der Waals surface area (Å²) in [6.07, 6.45) is 5.20. The predicted octanol–water partition coefficient (Wildman–Crippen LogP) is 3.28. The Morgan fingerprint density at radius 1 is 1.10 bits per heavy atom. The number of nitrogens with zero attached hydrogens (tertiary/aromatic N) is 6. The van der Waals surface area contributed by atoms with Crippen molar-refractivity contribution in [2.45, 2.75) is 0 Å². The number of anilines is 3. The van der Waals surface area contributed by atoms with Crippen LogP contribution in [0.25, 0.3) is 22.4 Å². The molecule has 0 aliphatic rings. The lowest BCUT2D eigenvalue weighted by Crippen LogP contribution is -2.08. The molecule has 0 aliphatic carbocycles. The summed E-state index contributed by atoms with van der Waals surface area (Å²) in [5, 5.41) is 6.55. The normalized spacial score (nSPS) is 11.0. The Balaban J connectivity index is 1.65. The number of rotatable bonds is 7. The fourth-order valence-electron chi connectivity index (χ4n) is 2.81. The minimum atomic E-state index is 0.140. The number of halogens is 1. The summed E-state index contributed by atoms with van der Waals surface area (Å²) in [7, 11) is 3.58. The summed E-state index contributed by atoms with van der Waals surface area (Å²) in [5.74, 6) is 1.26. The number of methoxy groups -OCH3 is 1. The number of hydrogen-bond donors (Lipinski definition) is 2. The van der Waals surface area contributed by atoms with Crippen molar-refractivity contribution in [1.29, 1.82) is 0 Å². The minimum absolute atomic E-state index is 0.140. The van der Waals surface area contributed by atoms with Gasteiger partial charge in [0.05, 0.1) is 47.9 Å². The molecule has 0 amide bonds. The Kier molecular flexibility index (Phi) is 5.50. The lowest BCUT2D eigenvalue weighted by molar-refractivity contribution is 0.210. The largest absolute Gasteiger partial charge is 0.383 e. The second-order valence-electron chi connectivity index (χ2n) is 6.27. The maximum Gasteiger partial charge on any atom is 0.225 e.